The topological polar surface area (TPSA) is 25.4 Å². The summed E-state index contributed by atoms with van der Waals surface area (Å²) in [6.07, 6.45) is 6.63. The van der Waals surface area contributed by atoms with Gasteiger partial charge in [0.1, 0.15) is 0 Å². The summed E-state index contributed by atoms with van der Waals surface area (Å²) < 4.78 is 12.8. The normalized spacial score (nSPS) is 18.1. The molecule has 1 aromatic heterocycles. The van der Waals surface area contributed by atoms with Gasteiger partial charge in [0.2, 0.25) is 5.88 Å². The van der Waals surface area contributed by atoms with Gasteiger partial charge in [-0.05, 0) is 38.4 Å². The largest absolute Gasteiger partial charge is 0.478 e. The Morgan fingerprint density at radius 1 is 1.38 bits per heavy atom. The molecule has 0 aromatic carbocycles. The number of likely N-dealkylation sites (tertiary alicyclic amines) is 1. The van der Waals surface area contributed by atoms with Crippen molar-refractivity contribution in [3.63, 3.8) is 0 Å². The summed E-state index contributed by atoms with van der Waals surface area (Å²) >= 11 is 0. The molecule has 0 aliphatic carbocycles. The van der Waals surface area contributed by atoms with Crippen molar-refractivity contribution < 1.29 is 6.11 Å². The number of ether oxygens (including phenoxy) is 1. The van der Waals surface area contributed by atoms with Crippen LogP contribution in [0.25, 0.3) is 0 Å². The number of aromatic nitrogens is 1. The van der Waals surface area contributed by atoms with Crippen LogP contribution in [0.3, 0.4) is 0 Å². The van der Waals surface area contributed by atoms with Crippen molar-refractivity contribution in [2.45, 2.75) is 25.7 Å². The lowest BCUT2D eigenvalue weighted by atomic mass is 10.1. The van der Waals surface area contributed by atoms with Crippen molar-refractivity contribution in [3.8, 4) is 5.88 Å². The van der Waals surface area contributed by atoms with Crippen molar-refractivity contribution in [1.29, 1.82) is 0 Å². The maximum absolute atomic E-state index is 7.31. The Kier molecular flexibility index (Phi) is 4.09. The van der Waals surface area contributed by atoms with Gasteiger partial charge in [-0.25, -0.2) is 4.98 Å². The first kappa shape index (κ1) is 10.1. The summed E-state index contributed by atoms with van der Waals surface area (Å²) in [4.78, 5) is 6.55. The van der Waals surface area contributed by atoms with E-state index >= 15 is 0 Å². The third-order valence-corrected chi connectivity index (χ3v) is 2.91. The smallest absolute Gasteiger partial charge is 0.213 e. The molecule has 1 aliphatic heterocycles. The predicted molar refractivity (Wildman–Crippen MR) is 64.6 cm³/mol. The third-order valence-electron chi connectivity index (χ3n) is 2.91. The highest BCUT2D eigenvalue weighted by Crippen LogP contribution is 2.09. The van der Waals surface area contributed by atoms with Gasteiger partial charge in [-0.3, -0.25) is 0 Å². The van der Waals surface area contributed by atoms with E-state index in [2.05, 4.69) is 9.88 Å². The van der Waals surface area contributed by atoms with Crippen LogP contribution in [0, 0.1) is 0 Å². The van der Waals surface area contributed by atoms with Crippen LogP contribution in [0.2, 0.25) is 0 Å². The molecule has 2 heterocycles. The van der Waals surface area contributed by atoms with E-state index in [0.29, 0.717) is 18.5 Å². The minimum Gasteiger partial charge on any atom is -0.478 e. The molecule has 0 saturated carbocycles. The SMILES string of the molecule is [2H]c1ccc(OCCCN2CCCCC2)nc1. The summed E-state index contributed by atoms with van der Waals surface area (Å²) in [6, 6.07) is 3.88. The second-order valence-electron chi connectivity index (χ2n) is 4.20. The lowest BCUT2D eigenvalue weighted by Crippen LogP contribution is -2.31. The fraction of sp³-hybridized carbons (Fsp3) is 0.615. The maximum atomic E-state index is 7.31. The van der Waals surface area contributed by atoms with E-state index in [1.807, 2.05) is 0 Å². The summed E-state index contributed by atoms with van der Waals surface area (Å²) in [6.45, 7) is 4.31. The lowest BCUT2D eigenvalue weighted by molar-refractivity contribution is 0.203. The Morgan fingerprint density at radius 3 is 3.00 bits per heavy atom. The van der Waals surface area contributed by atoms with E-state index in [4.69, 9.17) is 6.11 Å². The predicted octanol–water partition coefficient (Wildman–Crippen LogP) is 2.34. The maximum Gasteiger partial charge on any atom is 0.213 e. The summed E-state index contributed by atoms with van der Waals surface area (Å²) in [5.41, 5.74) is 0. The number of nitrogens with zero attached hydrogens (tertiary/aromatic N) is 2. The van der Waals surface area contributed by atoms with Crippen molar-refractivity contribution in [2.24, 2.45) is 0 Å². The average molecular weight is 221 g/mol. The highest BCUT2D eigenvalue weighted by Gasteiger charge is 2.08. The highest BCUT2D eigenvalue weighted by atomic mass is 16.5. The van der Waals surface area contributed by atoms with Crippen LogP contribution in [0.4, 0.5) is 0 Å². The van der Waals surface area contributed by atoms with Crippen molar-refractivity contribution in [1.82, 2.24) is 9.88 Å². The standard InChI is InChI=1S/C13H20N2O/c1-4-9-15(10-5-1)11-6-12-16-13-7-2-3-8-14-13/h2-3,7-8H,1,4-6,9-12H2/i3D. The second-order valence-corrected chi connectivity index (χ2v) is 4.20. The molecule has 0 N–H and O–H groups in total. The first-order valence-electron chi connectivity index (χ1n) is 6.62. The fourth-order valence-electron chi connectivity index (χ4n) is 2.04. The molecule has 3 heteroatoms. The first-order valence-corrected chi connectivity index (χ1v) is 6.12. The summed E-state index contributed by atoms with van der Waals surface area (Å²) in [5, 5.41) is 0. The quantitative estimate of drug-likeness (QED) is 0.714. The summed E-state index contributed by atoms with van der Waals surface area (Å²) in [7, 11) is 0. The van der Waals surface area contributed by atoms with E-state index in [9.17, 15) is 0 Å². The summed E-state index contributed by atoms with van der Waals surface area (Å²) in [5.74, 6) is 0.625. The van der Waals surface area contributed by atoms with Gasteiger partial charge in [0.15, 0.2) is 0 Å². The number of hydrogen-bond donors (Lipinski definition) is 0. The minimum atomic E-state index is 0.422. The molecular formula is C13H20N2O. The molecule has 1 aliphatic rings. The van der Waals surface area contributed by atoms with Crippen LogP contribution in [-0.4, -0.2) is 36.1 Å². The van der Waals surface area contributed by atoms with Crippen LogP contribution >= 0.6 is 0 Å². The average Bonchev–Trinajstić information content (AvgIpc) is 2.38. The first-order chi connectivity index (χ1) is 8.34. The van der Waals surface area contributed by atoms with Crippen molar-refractivity contribution >= 4 is 0 Å². The van der Waals surface area contributed by atoms with E-state index in [1.54, 1.807) is 12.1 Å². The third kappa shape index (κ3) is 3.81. The van der Waals surface area contributed by atoms with Gasteiger partial charge in [-0.15, -0.1) is 0 Å². The van der Waals surface area contributed by atoms with Crippen LogP contribution in [0.15, 0.2) is 24.4 Å². The molecule has 1 saturated heterocycles. The van der Waals surface area contributed by atoms with Crippen LogP contribution in [-0.2, 0) is 0 Å². The van der Waals surface area contributed by atoms with Gasteiger partial charge in [0, 0.05) is 18.8 Å². The molecule has 0 amide bonds. The molecule has 0 atom stereocenters. The van der Waals surface area contributed by atoms with E-state index < -0.39 is 0 Å². The Bertz CT molecular complexity index is 323. The molecule has 0 bridgehead atoms. The van der Waals surface area contributed by atoms with E-state index in [-0.39, 0.29) is 0 Å². The molecule has 3 nitrogen and oxygen atoms in total. The molecular weight excluding hydrogens is 200 g/mol. The zero-order chi connectivity index (χ0) is 11.9. The Labute approximate surface area is 98.8 Å². The Balaban J connectivity index is 1.60. The molecule has 0 radical (unpaired) electrons. The van der Waals surface area contributed by atoms with Gasteiger partial charge in [-0.1, -0.05) is 12.5 Å². The Morgan fingerprint density at radius 2 is 2.25 bits per heavy atom. The van der Waals surface area contributed by atoms with Crippen molar-refractivity contribution in [3.05, 3.63) is 24.4 Å². The molecule has 88 valence electrons. The zero-order valence-corrected chi connectivity index (χ0v) is 9.69. The van der Waals surface area contributed by atoms with Crippen molar-refractivity contribution in [2.75, 3.05) is 26.2 Å². The van der Waals surface area contributed by atoms with Crippen LogP contribution < -0.4 is 4.74 Å². The molecule has 16 heavy (non-hydrogen) atoms. The Hall–Kier alpha value is -1.09. The molecule has 2 rings (SSSR count). The van der Waals surface area contributed by atoms with E-state index in [0.717, 1.165) is 13.0 Å². The molecule has 1 fully saturated rings. The number of hydrogen-bond acceptors (Lipinski definition) is 3. The highest BCUT2D eigenvalue weighted by molar-refractivity contribution is 5.08. The monoisotopic (exact) mass is 221 g/mol. The zero-order valence-electron chi connectivity index (χ0n) is 10.7. The van der Waals surface area contributed by atoms with Gasteiger partial charge >= 0.3 is 0 Å². The van der Waals surface area contributed by atoms with Gasteiger partial charge in [0.25, 0.3) is 0 Å². The minimum absolute atomic E-state index is 0.422. The van der Waals surface area contributed by atoms with Gasteiger partial charge < -0.3 is 9.64 Å². The van der Waals surface area contributed by atoms with Gasteiger partial charge in [0.05, 0.1) is 7.98 Å². The van der Waals surface area contributed by atoms with Gasteiger partial charge in [-0.2, -0.15) is 0 Å². The number of pyridine rings is 1. The molecule has 1 aromatic rings. The molecule has 0 unspecified atom stereocenters. The second kappa shape index (κ2) is 6.48. The number of piperidine rings is 1. The van der Waals surface area contributed by atoms with E-state index in [1.165, 1.54) is 38.5 Å². The lowest BCUT2D eigenvalue weighted by Gasteiger charge is -2.26. The van der Waals surface area contributed by atoms with Crippen LogP contribution in [0.5, 0.6) is 5.88 Å². The fourth-order valence-corrected chi connectivity index (χ4v) is 2.04. The van der Waals surface area contributed by atoms with Crippen LogP contribution in [0.1, 0.15) is 27.1 Å². The number of rotatable bonds is 5. The molecule has 0 spiro atoms.